The fraction of sp³-hybridized carbons (Fsp3) is 0.500. The molecule has 0 aliphatic carbocycles. The first-order chi connectivity index (χ1) is 11.6. The number of benzene rings is 1. The first-order valence-corrected chi connectivity index (χ1v) is 8.53. The van der Waals surface area contributed by atoms with Crippen molar-refractivity contribution in [3.05, 3.63) is 46.0 Å². The second-order valence-electron chi connectivity index (χ2n) is 6.51. The third kappa shape index (κ3) is 4.38. The van der Waals surface area contributed by atoms with E-state index >= 15 is 0 Å². The van der Waals surface area contributed by atoms with Gasteiger partial charge in [0.2, 0.25) is 5.91 Å². The Morgan fingerprint density at radius 1 is 1.32 bits per heavy atom. The quantitative estimate of drug-likeness (QED) is 0.594. The van der Waals surface area contributed by atoms with Gasteiger partial charge in [-0.1, -0.05) is 31.2 Å². The number of hydrogen-bond donors (Lipinski definition) is 0. The van der Waals surface area contributed by atoms with Gasteiger partial charge in [-0.25, -0.2) is 0 Å². The van der Waals surface area contributed by atoms with Crippen LogP contribution in [0.15, 0.2) is 30.3 Å². The lowest BCUT2D eigenvalue weighted by molar-refractivity contribution is -0.384. The average molecular weight is 366 g/mol. The van der Waals surface area contributed by atoms with Gasteiger partial charge in [0.15, 0.2) is 0 Å². The Bertz CT molecular complexity index is 651. The number of carbonyl (C=O) groups is 1. The van der Waals surface area contributed by atoms with E-state index in [0.29, 0.717) is 18.5 Å². The van der Waals surface area contributed by atoms with Gasteiger partial charge in [-0.2, -0.15) is 0 Å². The molecule has 0 spiro atoms. The summed E-state index contributed by atoms with van der Waals surface area (Å²) in [6.45, 7) is 4.57. The minimum atomic E-state index is -0.376. The summed E-state index contributed by atoms with van der Waals surface area (Å²) in [6.07, 6.45) is 6.76. The molecule has 1 amide bonds. The molecule has 2 aliphatic rings. The summed E-state index contributed by atoms with van der Waals surface area (Å²) in [6, 6.07) is 7.35. The number of likely N-dealkylation sites (tertiary alicyclic amines) is 1. The molecular formula is C18H24ClN3O3. The summed E-state index contributed by atoms with van der Waals surface area (Å²) in [4.78, 5) is 27.0. The maximum Gasteiger partial charge on any atom is 0.270 e. The van der Waals surface area contributed by atoms with E-state index in [9.17, 15) is 14.9 Å². The Morgan fingerprint density at radius 2 is 2.00 bits per heavy atom. The van der Waals surface area contributed by atoms with Crippen molar-refractivity contribution in [3.8, 4) is 0 Å². The lowest BCUT2D eigenvalue weighted by Crippen LogP contribution is -2.55. The van der Waals surface area contributed by atoms with Crippen LogP contribution in [0.1, 0.15) is 31.7 Å². The molecule has 1 aromatic rings. The number of rotatable bonds is 5. The molecule has 0 aromatic heterocycles. The van der Waals surface area contributed by atoms with E-state index in [1.165, 1.54) is 6.07 Å². The van der Waals surface area contributed by atoms with Crippen LogP contribution >= 0.6 is 12.4 Å². The first kappa shape index (κ1) is 19.4. The smallest absolute Gasteiger partial charge is 0.270 e. The third-order valence-electron chi connectivity index (χ3n) is 4.90. The van der Waals surface area contributed by atoms with Crippen molar-refractivity contribution >= 4 is 30.1 Å². The standard InChI is InChI=1S/C18H23N3O3.ClH/c1-2-18(22)20-16-8-9-17(20)13-19(12-16)10-4-6-14-5-3-7-15(11-14)21(23)24;/h3-7,11,16-17H,2,8-10,12-13H2,1H3;1H/b6-4+;. The predicted molar refractivity (Wildman–Crippen MR) is 99.8 cm³/mol. The minimum Gasteiger partial charge on any atom is -0.334 e. The lowest BCUT2D eigenvalue weighted by Gasteiger charge is -2.40. The van der Waals surface area contributed by atoms with Crippen LogP contribution in [-0.2, 0) is 4.79 Å². The molecule has 1 aromatic carbocycles. The van der Waals surface area contributed by atoms with Crippen molar-refractivity contribution in [2.24, 2.45) is 0 Å². The van der Waals surface area contributed by atoms with Crippen LogP contribution < -0.4 is 0 Å². The highest BCUT2D eigenvalue weighted by molar-refractivity contribution is 5.85. The molecule has 0 saturated carbocycles. The van der Waals surface area contributed by atoms with Crippen molar-refractivity contribution < 1.29 is 9.72 Å². The zero-order valence-corrected chi connectivity index (χ0v) is 15.2. The number of non-ortho nitro benzene ring substituents is 1. The molecule has 3 rings (SSSR count). The topological polar surface area (TPSA) is 66.7 Å². The maximum atomic E-state index is 12.1. The van der Waals surface area contributed by atoms with Gasteiger partial charge < -0.3 is 4.90 Å². The molecule has 7 heteroatoms. The Morgan fingerprint density at radius 3 is 2.60 bits per heavy atom. The molecule has 136 valence electrons. The van der Waals surface area contributed by atoms with Crippen molar-refractivity contribution in [2.75, 3.05) is 19.6 Å². The molecule has 2 aliphatic heterocycles. The summed E-state index contributed by atoms with van der Waals surface area (Å²) in [7, 11) is 0. The SMILES string of the molecule is CCC(=O)N1C2CCC1CN(C/C=C/c1cccc([N+](=O)[O-])c1)C2.Cl. The monoisotopic (exact) mass is 365 g/mol. The number of halogens is 1. The normalized spacial score (nSPS) is 22.8. The second-order valence-corrected chi connectivity index (χ2v) is 6.51. The average Bonchev–Trinajstić information content (AvgIpc) is 2.85. The summed E-state index contributed by atoms with van der Waals surface area (Å²) >= 11 is 0. The van der Waals surface area contributed by atoms with Crippen molar-refractivity contribution in [1.29, 1.82) is 0 Å². The van der Waals surface area contributed by atoms with Gasteiger partial charge in [0.25, 0.3) is 5.69 Å². The van der Waals surface area contributed by atoms with E-state index in [4.69, 9.17) is 0 Å². The molecule has 2 atom stereocenters. The number of piperazine rings is 1. The summed E-state index contributed by atoms with van der Waals surface area (Å²) in [5, 5.41) is 10.8. The molecule has 6 nitrogen and oxygen atoms in total. The number of hydrogen-bond acceptors (Lipinski definition) is 4. The molecule has 2 heterocycles. The van der Waals surface area contributed by atoms with Crippen LogP contribution in [0.4, 0.5) is 5.69 Å². The maximum absolute atomic E-state index is 12.1. The zero-order valence-electron chi connectivity index (χ0n) is 14.3. The van der Waals surface area contributed by atoms with E-state index in [1.807, 2.05) is 19.1 Å². The molecule has 0 radical (unpaired) electrons. The minimum absolute atomic E-state index is 0. The summed E-state index contributed by atoms with van der Waals surface area (Å²) in [5.74, 6) is 0.272. The highest BCUT2D eigenvalue weighted by atomic mass is 35.5. The molecule has 2 fully saturated rings. The van der Waals surface area contributed by atoms with Crippen LogP contribution in [0.25, 0.3) is 6.08 Å². The van der Waals surface area contributed by atoms with Crippen molar-refractivity contribution in [2.45, 2.75) is 38.3 Å². The number of carbonyl (C=O) groups excluding carboxylic acids is 1. The zero-order chi connectivity index (χ0) is 17.1. The molecule has 2 saturated heterocycles. The van der Waals surface area contributed by atoms with Gasteiger partial charge in [0.05, 0.1) is 4.92 Å². The highest BCUT2D eigenvalue weighted by Gasteiger charge is 2.41. The number of nitrogens with zero attached hydrogens (tertiary/aromatic N) is 3. The van der Waals surface area contributed by atoms with E-state index in [-0.39, 0.29) is 28.9 Å². The van der Waals surface area contributed by atoms with Crippen LogP contribution in [0.3, 0.4) is 0 Å². The number of nitro groups is 1. The number of nitro benzene ring substituents is 1. The molecule has 2 bridgehead atoms. The molecular weight excluding hydrogens is 342 g/mol. The molecule has 2 unspecified atom stereocenters. The largest absolute Gasteiger partial charge is 0.334 e. The highest BCUT2D eigenvalue weighted by Crippen LogP contribution is 2.30. The van der Waals surface area contributed by atoms with Gasteiger partial charge in [0.1, 0.15) is 0 Å². The molecule has 0 N–H and O–H groups in total. The van der Waals surface area contributed by atoms with Crippen LogP contribution in [0, 0.1) is 10.1 Å². The lowest BCUT2D eigenvalue weighted by atomic mass is 10.1. The Kier molecular flexibility index (Phi) is 6.56. The number of amides is 1. The first-order valence-electron chi connectivity index (χ1n) is 8.53. The van der Waals surface area contributed by atoms with E-state index < -0.39 is 0 Å². The van der Waals surface area contributed by atoms with E-state index in [2.05, 4.69) is 15.9 Å². The second kappa shape index (κ2) is 8.45. The van der Waals surface area contributed by atoms with Gasteiger partial charge in [-0.05, 0) is 18.4 Å². The van der Waals surface area contributed by atoms with Gasteiger partial charge in [-0.3, -0.25) is 19.8 Å². The Balaban J connectivity index is 0.00000225. The number of fused-ring (bicyclic) bond motifs is 2. The van der Waals surface area contributed by atoms with Crippen LogP contribution in [0.5, 0.6) is 0 Å². The van der Waals surface area contributed by atoms with Gasteiger partial charge in [0, 0.05) is 50.3 Å². The van der Waals surface area contributed by atoms with Crippen LogP contribution in [0.2, 0.25) is 0 Å². The third-order valence-corrected chi connectivity index (χ3v) is 4.90. The summed E-state index contributed by atoms with van der Waals surface area (Å²) in [5.41, 5.74) is 0.953. The summed E-state index contributed by atoms with van der Waals surface area (Å²) < 4.78 is 0. The Labute approximate surface area is 154 Å². The Hall–Kier alpha value is -1.92. The fourth-order valence-corrected chi connectivity index (χ4v) is 3.81. The predicted octanol–water partition coefficient (Wildman–Crippen LogP) is 3.12. The van der Waals surface area contributed by atoms with Crippen molar-refractivity contribution in [3.63, 3.8) is 0 Å². The van der Waals surface area contributed by atoms with Gasteiger partial charge in [-0.15, -0.1) is 12.4 Å². The van der Waals surface area contributed by atoms with Gasteiger partial charge >= 0.3 is 0 Å². The fourth-order valence-electron chi connectivity index (χ4n) is 3.81. The van der Waals surface area contributed by atoms with Crippen LogP contribution in [-0.4, -0.2) is 52.3 Å². The van der Waals surface area contributed by atoms with Crippen molar-refractivity contribution in [1.82, 2.24) is 9.80 Å². The van der Waals surface area contributed by atoms with E-state index in [0.717, 1.165) is 38.0 Å². The van der Waals surface area contributed by atoms with E-state index in [1.54, 1.807) is 12.1 Å². The molecule has 25 heavy (non-hydrogen) atoms.